The predicted octanol–water partition coefficient (Wildman–Crippen LogP) is 1.94. The first-order valence-corrected chi connectivity index (χ1v) is 17.5. The Morgan fingerprint density at radius 3 is 2.25 bits per heavy atom. The van der Waals surface area contributed by atoms with E-state index in [1.54, 1.807) is 50.2 Å². The number of aliphatic hydroxyl groups is 3. The second-order valence-electron chi connectivity index (χ2n) is 14.3. The Morgan fingerprint density at radius 2 is 1.67 bits per heavy atom. The molecule has 5 rings (SSSR count). The number of phenolic OH excluding ortho intramolecular Hbond substituents is 1. The van der Waals surface area contributed by atoms with E-state index >= 15 is 0 Å². The summed E-state index contributed by atoms with van der Waals surface area (Å²) < 4.78 is 10.1. The van der Waals surface area contributed by atoms with Crippen LogP contribution >= 0.6 is 0 Å². The van der Waals surface area contributed by atoms with E-state index in [1.165, 1.54) is 25.1 Å². The van der Waals surface area contributed by atoms with Gasteiger partial charge >= 0.3 is 12.1 Å². The van der Waals surface area contributed by atoms with Crippen molar-refractivity contribution in [3.05, 3.63) is 69.5 Å². The lowest BCUT2D eigenvalue weighted by molar-refractivity contribution is -0.153. The number of rotatable bonds is 11. The molecule has 1 fully saturated rings. The van der Waals surface area contributed by atoms with Crippen LogP contribution in [0.1, 0.15) is 46.8 Å². The molecule has 1 saturated carbocycles. The smallest absolute Gasteiger partial charge is 0.413 e. The van der Waals surface area contributed by atoms with Crippen LogP contribution in [-0.2, 0) is 35.1 Å². The number of aromatic hydroxyl groups is 1. The van der Waals surface area contributed by atoms with Gasteiger partial charge in [-0.15, -0.1) is 0 Å². The molecule has 0 saturated heterocycles. The molecule has 0 heterocycles. The lowest BCUT2D eigenvalue weighted by atomic mass is 9.57. The number of phenols is 1. The number of esters is 1. The summed E-state index contributed by atoms with van der Waals surface area (Å²) in [6, 6.07) is 6.81. The lowest BCUT2D eigenvalue weighted by Gasteiger charge is -2.50. The predicted molar refractivity (Wildman–Crippen MR) is 197 cm³/mol. The van der Waals surface area contributed by atoms with E-state index in [9.17, 15) is 49.2 Å². The molecule has 17 heteroatoms. The maximum Gasteiger partial charge on any atom is 0.413 e. The van der Waals surface area contributed by atoms with Gasteiger partial charge in [0.25, 0.3) is 5.91 Å². The number of carbonyl (C=O) groups is 6. The molecule has 7 N–H and O–H groups in total. The van der Waals surface area contributed by atoms with Crippen molar-refractivity contribution in [2.24, 2.45) is 17.6 Å². The number of ether oxygens (including phenoxy) is 2. The monoisotopic (exact) mass is 763 g/mol. The van der Waals surface area contributed by atoms with E-state index in [0.29, 0.717) is 17.7 Å². The largest absolute Gasteiger partial charge is 0.508 e. The highest BCUT2D eigenvalue weighted by Crippen LogP contribution is 2.54. The Hall–Kier alpha value is -5.94. The first-order valence-electron chi connectivity index (χ1n) is 17.5. The summed E-state index contributed by atoms with van der Waals surface area (Å²) in [6.07, 6.45) is -0.573. The fourth-order valence-corrected chi connectivity index (χ4v) is 7.65. The van der Waals surface area contributed by atoms with Crippen molar-refractivity contribution in [3.63, 3.8) is 0 Å². The zero-order valence-electron chi connectivity index (χ0n) is 31.3. The molecule has 3 aliphatic rings. The van der Waals surface area contributed by atoms with Crippen LogP contribution in [0.5, 0.6) is 5.75 Å². The number of primary amides is 1. The zero-order valence-corrected chi connectivity index (χ0v) is 31.3. The summed E-state index contributed by atoms with van der Waals surface area (Å²) in [5.74, 6) is -9.47. The molecule has 55 heavy (non-hydrogen) atoms. The molecule has 0 spiro atoms. The van der Waals surface area contributed by atoms with Crippen LogP contribution in [0.25, 0.3) is 5.76 Å². The number of benzene rings is 2. The Balaban J connectivity index is 1.43. The Bertz CT molecular complexity index is 2020. The highest BCUT2D eigenvalue weighted by molar-refractivity contribution is 6.24. The zero-order chi connectivity index (χ0) is 40.7. The number of aryl methyl sites for hydroxylation is 1. The molecule has 3 amide bonds. The van der Waals surface area contributed by atoms with Gasteiger partial charge in [-0.05, 0) is 70.0 Å². The van der Waals surface area contributed by atoms with Gasteiger partial charge in [0.05, 0.1) is 22.9 Å². The number of Topliss-reactive ketones (excluding diaryl/α,β-unsaturated/α-hetero) is 2. The minimum atomic E-state index is -2.81. The van der Waals surface area contributed by atoms with Crippen molar-refractivity contribution in [2.75, 3.05) is 58.3 Å². The highest BCUT2D eigenvalue weighted by atomic mass is 16.7. The summed E-state index contributed by atoms with van der Waals surface area (Å²) in [6.45, 7) is 2.44. The number of aliphatic hydroxyl groups excluding tert-OH is 2. The number of nitrogens with zero attached hydrogens (tertiary/aromatic N) is 3. The number of ketones is 2. The van der Waals surface area contributed by atoms with E-state index in [0.717, 1.165) is 10.5 Å². The van der Waals surface area contributed by atoms with Gasteiger partial charge in [0, 0.05) is 37.8 Å². The second-order valence-corrected chi connectivity index (χ2v) is 14.3. The molecule has 0 aliphatic heterocycles. The van der Waals surface area contributed by atoms with Gasteiger partial charge in [-0.2, -0.15) is 0 Å². The summed E-state index contributed by atoms with van der Waals surface area (Å²) in [5, 5.41) is 48.8. The number of carbonyl (C=O) groups excluding carboxylic acids is 6. The maximum absolute atomic E-state index is 14.2. The van der Waals surface area contributed by atoms with Crippen molar-refractivity contribution >= 4 is 52.6 Å². The molecule has 4 atom stereocenters. The number of fused-ring (bicyclic) bond motifs is 3. The molecule has 0 radical (unpaired) electrons. The van der Waals surface area contributed by atoms with Gasteiger partial charge in [0.15, 0.2) is 11.4 Å². The number of hydrogen-bond acceptors (Lipinski definition) is 14. The van der Waals surface area contributed by atoms with Crippen molar-refractivity contribution in [1.82, 2.24) is 9.80 Å². The fraction of sp³-hybridized carbons (Fsp3) is 0.421. The van der Waals surface area contributed by atoms with Crippen LogP contribution in [-0.4, -0.2) is 125 Å². The van der Waals surface area contributed by atoms with E-state index in [-0.39, 0.29) is 41.8 Å². The highest BCUT2D eigenvalue weighted by Gasteiger charge is 2.64. The van der Waals surface area contributed by atoms with Crippen LogP contribution in [0.15, 0.2) is 47.2 Å². The third-order valence-electron chi connectivity index (χ3n) is 10.2. The Labute approximate surface area is 316 Å². The first-order chi connectivity index (χ1) is 25.8. The molecule has 0 unspecified atom stereocenters. The van der Waals surface area contributed by atoms with Gasteiger partial charge in [-0.1, -0.05) is 24.6 Å². The average Bonchev–Trinajstić information content (AvgIpc) is 3.10. The van der Waals surface area contributed by atoms with Crippen LogP contribution in [0.2, 0.25) is 0 Å². The van der Waals surface area contributed by atoms with Crippen LogP contribution in [0, 0.1) is 18.8 Å². The number of nitrogens with two attached hydrogens (primary N) is 1. The first kappa shape index (κ1) is 40.2. The third kappa shape index (κ3) is 7.19. The average molecular weight is 764 g/mol. The number of amides is 3. The summed E-state index contributed by atoms with van der Waals surface area (Å²) >= 11 is 0. The quantitative estimate of drug-likeness (QED) is 0.0829. The van der Waals surface area contributed by atoms with Gasteiger partial charge in [0.1, 0.15) is 29.4 Å². The maximum atomic E-state index is 14.2. The molecular formula is C38H45N5O12. The summed E-state index contributed by atoms with van der Waals surface area (Å²) in [7, 11) is 6.39. The summed E-state index contributed by atoms with van der Waals surface area (Å²) in [5.41, 5.74) is 2.92. The van der Waals surface area contributed by atoms with Gasteiger partial charge in [-0.3, -0.25) is 29.0 Å². The molecule has 17 nitrogen and oxygen atoms in total. The van der Waals surface area contributed by atoms with Crippen LogP contribution in [0.3, 0.4) is 0 Å². The SMILES string of the molecule is CCCN(CC(=O)Nc1cc(N(C)C)c2c(c1O)C(O)=C1C(=O)[C@]3(O)C(O)=C(C(N)=O)C(=O)[C@@H](N(C)C)[C@@H]3C[C@@H]1C2)C(=O)OCOC(=O)c1ccc(C)cc1. The topological polar surface area (TPSA) is 250 Å². The molecule has 0 aromatic heterocycles. The van der Waals surface area contributed by atoms with Gasteiger partial charge in [-0.25, -0.2) is 9.59 Å². The molecular weight excluding hydrogens is 718 g/mol. The van der Waals surface area contributed by atoms with E-state index in [4.69, 9.17) is 15.2 Å². The molecule has 2 aromatic carbocycles. The second kappa shape index (κ2) is 15.4. The van der Waals surface area contributed by atoms with Crippen molar-refractivity contribution in [3.8, 4) is 5.75 Å². The number of hydrogen-bond donors (Lipinski definition) is 6. The molecule has 294 valence electrons. The fourth-order valence-electron chi connectivity index (χ4n) is 7.65. The van der Waals surface area contributed by atoms with E-state index in [1.807, 2.05) is 6.92 Å². The van der Waals surface area contributed by atoms with E-state index in [2.05, 4.69) is 5.32 Å². The van der Waals surface area contributed by atoms with Gasteiger partial charge in [0.2, 0.25) is 18.5 Å². The third-order valence-corrected chi connectivity index (χ3v) is 10.2. The Kier molecular flexibility index (Phi) is 11.3. The van der Waals surface area contributed by atoms with Crippen LogP contribution in [0.4, 0.5) is 16.2 Å². The number of nitrogens with one attached hydrogen (secondary N) is 1. The Morgan fingerprint density at radius 1 is 1.02 bits per heavy atom. The lowest BCUT2D eigenvalue weighted by Crippen LogP contribution is -2.65. The molecule has 2 aromatic rings. The standard InChI is InChI=1S/C38H45N5O12/c1-7-12-43(37(52)55-17-54-36(51)19-10-8-18(2)9-11-19)16-25(44)40-23-15-24(41(3)4)21-13-20-14-22-29(42(5)6)32(47)28(35(39)50)34(49)38(22,53)33(48)26(20)31(46)27(21)30(23)45/h8-11,15,20,22,29,45-46,49,53H,7,12-14,16-17H2,1-6H3,(H2,39,50)(H,40,44)/t20-,22-,29-,38-/m0/s1. The molecule has 0 bridgehead atoms. The number of likely N-dealkylation sites (N-methyl/N-ethyl adjacent to an activating group) is 1. The van der Waals surface area contributed by atoms with Crippen molar-refractivity contribution in [2.45, 2.75) is 44.8 Å². The summed E-state index contributed by atoms with van der Waals surface area (Å²) in [4.78, 5) is 82.6. The normalized spacial score (nSPS) is 21.7. The van der Waals surface area contributed by atoms with E-state index < -0.39 is 95.1 Å². The van der Waals surface area contributed by atoms with Gasteiger partial charge < -0.3 is 45.9 Å². The number of anilines is 2. The minimum absolute atomic E-state index is 0.0362. The molecule has 3 aliphatic carbocycles. The van der Waals surface area contributed by atoms with Crippen molar-refractivity contribution < 1.29 is 58.7 Å². The van der Waals surface area contributed by atoms with Crippen LogP contribution < -0.4 is 16.0 Å². The minimum Gasteiger partial charge on any atom is -0.508 e. The van der Waals surface area contributed by atoms with Crippen molar-refractivity contribution in [1.29, 1.82) is 0 Å².